The van der Waals surface area contributed by atoms with Crippen molar-refractivity contribution in [3.05, 3.63) is 139 Å². The number of aromatic nitrogens is 3. The van der Waals surface area contributed by atoms with Crippen LogP contribution in [0.3, 0.4) is 0 Å². The van der Waals surface area contributed by atoms with Crippen LogP contribution in [0, 0.1) is 18.2 Å². The standard InChI is InChI=1S/C36H23N5.Au/c1-38-21-19-37-36(38)39-20-18-24-14-15-25(22-34(24)39)41-33-13-7-4-10-29(33)30-17-16-26(23-35(30)41)40-31-11-5-2-8-27(31)28-9-3-6-12-32(28)40;/h2-11,13-21,36H,1H3;/q-4;. The van der Waals surface area contributed by atoms with E-state index in [1.807, 2.05) is 25.5 Å². The van der Waals surface area contributed by atoms with Crippen LogP contribution in [0.1, 0.15) is 6.29 Å². The second kappa shape index (κ2) is 9.43. The normalized spacial score (nSPS) is 14.9. The van der Waals surface area contributed by atoms with Gasteiger partial charge in [-0.3, -0.25) is 0 Å². The summed E-state index contributed by atoms with van der Waals surface area (Å²) in [7, 11) is 2.04. The van der Waals surface area contributed by atoms with Gasteiger partial charge in [0.1, 0.15) is 0 Å². The Morgan fingerprint density at radius 1 is 0.643 bits per heavy atom. The molecule has 0 aliphatic carbocycles. The Morgan fingerprint density at radius 2 is 1.29 bits per heavy atom. The van der Waals surface area contributed by atoms with Gasteiger partial charge in [0.05, 0.1) is 0 Å². The number of rotatable bonds is 3. The summed E-state index contributed by atoms with van der Waals surface area (Å²) in [5.74, 6) is 0. The Morgan fingerprint density at radius 3 is 2.02 bits per heavy atom. The van der Waals surface area contributed by atoms with Gasteiger partial charge in [-0.15, -0.1) is 40.4 Å². The van der Waals surface area contributed by atoms with Gasteiger partial charge in [0, 0.05) is 46.8 Å². The molecule has 0 amide bonds. The molecule has 3 aromatic heterocycles. The monoisotopic (exact) mass is 722 g/mol. The Balaban J connectivity index is 0.00000267. The molecular weight excluding hydrogens is 699 g/mol. The van der Waals surface area contributed by atoms with Crippen molar-refractivity contribution in [2.45, 2.75) is 6.29 Å². The fourth-order valence-electron chi connectivity index (χ4n) is 6.42. The van der Waals surface area contributed by atoms with Crippen LogP contribution in [0.2, 0.25) is 0 Å². The maximum atomic E-state index is 4.66. The second-order valence-electron chi connectivity index (χ2n) is 10.6. The Labute approximate surface area is 258 Å². The minimum absolute atomic E-state index is 0. The van der Waals surface area contributed by atoms with Crippen molar-refractivity contribution in [2.24, 2.45) is 0 Å². The maximum Gasteiger partial charge on any atom is 0.0375 e. The number of fused-ring (bicyclic) bond motifs is 7. The van der Waals surface area contributed by atoms with E-state index in [-0.39, 0.29) is 28.7 Å². The van der Waals surface area contributed by atoms with Crippen molar-refractivity contribution in [3.8, 4) is 11.4 Å². The van der Waals surface area contributed by atoms with Crippen molar-refractivity contribution >= 4 is 54.5 Å². The average molecular weight is 723 g/mol. The summed E-state index contributed by atoms with van der Waals surface area (Å²) in [5.41, 5.74) is 7.32. The van der Waals surface area contributed by atoms with E-state index in [0.29, 0.717) is 0 Å². The number of hydrogen-bond donors (Lipinski definition) is 0. The van der Waals surface area contributed by atoms with Crippen LogP contribution in [0.5, 0.6) is 0 Å². The molecule has 5 nitrogen and oxygen atoms in total. The van der Waals surface area contributed by atoms with Gasteiger partial charge < -0.3 is 23.9 Å². The van der Waals surface area contributed by atoms with Crippen LogP contribution < -0.4 is 0 Å². The molecule has 8 aromatic rings. The van der Waals surface area contributed by atoms with Gasteiger partial charge >= 0.3 is 0 Å². The van der Waals surface area contributed by atoms with Gasteiger partial charge in [0.15, 0.2) is 0 Å². The Hall–Kier alpha value is -4.68. The first kappa shape index (κ1) is 25.1. The molecule has 0 saturated heterocycles. The topological polar surface area (TPSA) is 32.1 Å². The van der Waals surface area contributed by atoms with Gasteiger partial charge in [-0.2, -0.15) is 42.6 Å². The van der Waals surface area contributed by atoms with E-state index in [0.717, 1.165) is 49.7 Å². The molecule has 5 aromatic carbocycles. The van der Waals surface area contributed by atoms with E-state index in [1.54, 1.807) is 0 Å². The minimum Gasteiger partial charge on any atom is -0.653 e. The molecule has 1 aliphatic rings. The molecule has 207 valence electrons. The van der Waals surface area contributed by atoms with Crippen LogP contribution in [0.25, 0.3) is 71.2 Å². The third-order valence-electron chi connectivity index (χ3n) is 8.29. The zero-order valence-electron chi connectivity index (χ0n) is 22.6. The van der Waals surface area contributed by atoms with Gasteiger partial charge in [-0.25, -0.2) is 0 Å². The van der Waals surface area contributed by atoms with Crippen molar-refractivity contribution in [3.63, 3.8) is 0 Å². The largest absolute Gasteiger partial charge is 0.653 e. The Kier molecular flexibility index (Phi) is 5.63. The molecule has 6 heteroatoms. The molecule has 0 fully saturated rings. The zero-order valence-corrected chi connectivity index (χ0v) is 24.8. The van der Waals surface area contributed by atoms with E-state index in [9.17, 15) is 0 Å². The predicted molar refractivity (Wildman–Crippen MR) is 166 cm³/mol. The zero-order chi connectivity index (χ0) is 27.1. The van der Waals surface area contributed by atoms with Crippen molar-refractivity contribution in [1.82, 2.24) is 18.6 Å². The number of nitrogens with zero attached hydrogens (tertiary/aromatic N) is 5. The van der Waals surface area contributed by atoms with Crippen LogP contribution in [-0.2, 0) is 22.4 Å². The van der Waals surface area contributed by atoms with Crippen molar-refractivity contribution < 1.29 is 22.4 Å². The van der Waals surface area contributed by atoms with Crippen LogP contribution in [0.4, 0.5) is 0 Å². The molecule has 1 atom stereocenters. The van der Waals surface area contributed by atoms with Crippen LogP contribution in [0.15, 0.2) is 116 Å². The maximum absolute atomic E-state index is 4.66. The number of para-hydroxylation sites is 3. The molecule has 1 aliphatic heterocycles. The summed E-state index contributed by atoms with van der Waals surface area (Å²) >= 11 is 0. The third kappa shape index (κ3) is 3.48. The van der Waals surface area contributed by atoms with E-state index < -0.39 is 0 Å². The molecule has 1 unspecified atom stereocenters. The third-order valence-corrected chi connectivity index (χ3v) is 8.29. The SMILES string of the molecule is CN1C=C[N-]C1n1ccc2ccc(-n3c4[c-]c(-n5c6[c-]cccc6c6ccccc65)ccc4c4ccccc43)[c-]c21.[Au]. The van der Waals surface area contributed by atoms with Crippen molar-refractivity contribution in [2.75, 3.05) is 7.05 Å². The molecule has 9 rings (SSSR count). The first-order valence-corrected chi connectivity index (χ1v) is 13.7. The van der Waals surface area contributed by atoms with Gasteiger partial charge in [0.2, 0.25) is 0 Å². The second-order valence-corrected chi connectivity index (χ2v) is 10.6. The smallest absolute Gasteiger partial charge is 0.0375 e. The minimum atomic E-state index is -0.109. The van der Waals surface area contributed by atoms with Crippen molar-refractivity contribution in [1.29, 1.82) is 0 Å². The molecule has 1 radical (unpaired) electrons. The fourth-order valence-corrected chi connectivity index (χ4v) is 6.42. The molecule has 4 heterocycles. The fraction of sp³-hybridized carbons (Fsp3) is 0.0556. The summed E-state index contributed by atoms with van der Waals surface area (Å²) in [6, 6.07) is 45.2. The first-order chi connectivity index (χ1) is 20.3. The molecule has 0 spiro atoms. The predicted octanol–water partition coefficient (Wildman–Crippen LogP) is 8.48. The van der Waals surface area contributed by atoms with Crippen LogP contribution in [-0.4, -0.2) is 25.6 Å². The average Bonchev–Trinajstić information content (AvgIpc) is 3.78. The van der Waals surface area contributed by atoms with E-state index in [2.05, 4.69) is 139 Å². The number of hydrogen-bond acceptors (Lipinski definition) is 1. The summed E-state index contributed by atoms with van der Waals surface area (Å²) in [4.78, 5) is 2.10. The quantitative estimate of drug-likeness (QED) is 0.133. The van der Waals surface area contributed by atoms with Gasteiger partial charge in [-0.05, 0) is 35.3 Å². The summed E-state index contributed by atoms with van der Waals surface area (Å²) in [6.07, 6.45) is 5.84. The van der Waals surface area contributed by atoms with Gasteiger partial charge in [0.25, 0.3) is 0 Å². The summed E-state index contributed by atoms with van der Waals surface area (Å²) < 4.78 is 6.74. The summed E-state index contributed by atoms with van der Waals surface area (Å²) in [6.45, 7) is 0. The molecule has 0 N–H and O–H groups in total. The molecule has 0 bridgehead atoms. The summed E-state index contributed by atoms with van der Waals surface area (Å²) in [5, 5.41) is 10.5. The van der Waals surface area contributed by atoms with E-state index in [1.165, 1.54) is 16.2 Å². The number of benzene rings is 5. The van der Waals surface area contributed by atoms with Gasteiger partial charge in [-0.1, -0.05) is 70.4 Å². The van der Waals surface area contributed by atoms with Crippen LogP contribution >= 0.6 is 0 Å². The molecule has 0 saturated carbocycles. The Bertz CT molecular complexity index is 2280. The van der Waals surface area contributed by atoms with E-state index >= 15 is 0 Å². The first-order valence-electron chi connectivity index (χ1n) is 13.7. The molecular formula is C36H23AuN5-4. The van der Waals surface area contributed by atoms with E-state index in [4.69, 9.17) is 0 Å². The molecule has 42 heavy (non-hydrogen) atoms.